The number of aryl methyl sites for hydroxylation is 1. The molecule has 2 aromatic rings. The van der Waals surface area contributed by atoms with E-state index in [9.17, 15) is 9.18 Å². The maximum Gasteiger partial charge on any atom is 0.287 e. The van der Waals surface area contributed by atoms with Crippen molar-refractivity contribution < 1.29 is 9.18 Å². The Kier molecular flexibility index (Phi) is 4.31. The first-order valence-corrected chi connectivity index (χ1v) is 6.56. The van der Waals surface area contributed by atoms with Crippen LogP contribution in [0.2, 0.25) is 0 Å². The molecule has 0 saturated heterocycles. The van der Waals surface area contributed by atoms with Crippen molar-refractivity contribution in [3.8, 4) is 0 Å². The highest BCUT2D eigenvalue weighted by atomic mass is 79.9. The Labute approximate surface area is 118 Å². The summed E-state index contributed by atoms with van der Waals surface area (Å²) < 4.78 is 15.1. The highest BCUT2D eigenvalue weighted by Gasteiger charge is 2.09. The average molecular weight is 326 g/mol. The molecule has 1 aromatic carbocycles. The third-order valence-corrected chi connectivity index (χ3v) is 3.32. The standard InChI is InChI=1S/C13H13BrFN3O/c1-18-7-6-16-12(18)13(19)17-5-4-9-2-3-11(15)10(14)8-9/h2-3,6-8H,4-5H2,1H3,(H,17,19). The summed E-state index contributed by atoms with van der Waals surface area (Å²) in [5.74, 6) is -0.130. The van der Waals surface area contributed by atoms with Crippen LogP contribution in [-0.2, 0) is 13.5 Å². The first kappa shape index (κ1) is 13.7. The van der Waals surface area contributed by atoms with E-state index in [-0.39, 0.29) is 11.7 Å². The van der Waals surface area contributed by atoms with Gasteiger partial charge in [-0.05, 0) is 40.0 Å². The quantitative estimate of drug-likeness (QED) is 0.937. The van der Waals surface area contributed by atoms with Crippen molar-refractivity contribution in [2.45, 2.75) is 6.42 Å². The van der Waals surface area contributed by atoms with E-state index in [1.807, 2.05) is 0 Å². The second-order valence-electron chi connectivity index (χ2n) is 4.12. The summed E-state index contributed by atoms with van der Waals surface area (Å²) >= 11 is 3.13. The molecule has 1 amide bonds. The van der Waals surface area contributed by atoms with Crippen LogP contribution in [0.15, 0.2) is 35.1 Å². The number of nitrogens with zero attached hydrogens (tertiary/aromatic N) is 2. The fourth-order valence-corrected chi connectivity index (χ4v) is 2.11. The third kappa shape index (κ3) is 3.41. The van der Waals surface area contributed by atoms with Crippen molar-refractivity contribution in [3.63, 3.8) is 0 Å². The molecule has 0 atom stereocenters. The Balaban J connectivity index is 1.88. The maximum atomic E-state index is 13.1. The van der Waals surface area contributed by atoms with E-state index >= 15 is 0 Å². The molecule has 1 N–H and O–H groups in total. The van der Waals surface area contributed by atoms with Crippen molar-refractivity contribution in [2.75, 3.05) is 6.54 Å². The zero-order valence-corrected chi connectivity index (χ0v) is 11.9. The number of amides is 1. The van der Waals surface area contributed by atoms with E-state index in [0.717, 1.165) is 5.56 Å². The van der Waals surface area contributed by atoms with Crippen molar-refractivity contribution >= 4 is 21.8 Å². The number of imidazole rings is 1. The molecule has 0 saturated carbocycles. The molecule has 4 nitrogen and oxygen atoms in total. The van der Waals surface area contributed by atoms with E-state index in [1.54, 1.807) is 36.1 Å². The summed E-state index contributed by atoms with van der Waals surface area (Å²) in [6, 6.07) is 4.81. The highest BCUT2D eigenvalue weighted by Crippen LogP contribution is 2.16. The summed E-state index contributed by atoms with van der Waals surface area (Å²) in [5.41, 5.74) is 0.952. The molecule has 100 valence electrons. The topological polar surface area (TPSA) is 46.9 Å². The lowest BCUT2D eigenvalue weighted by atomic mass is 10.1. The van der Waals surface area contributed by atoms with Gasteiger partial charge in [0.2, 0.25) is 0 Å². The minimum Gasteiger partial charge on any atom is -0.349 e. The monoisotopic (exact) mass is 325 g/mol. The molecule has 0 bridgehead atoms. The van der Waals surface area contributed by atoms with Crippen LogP contribution in [0.4, 0.5) is 4.39 Å². The van der Waals surface area contributed by atoms with Crippen LogP contribution in [0.5, 0.6) is 0 Å². The first-order valence-electron chi connectivity index (χ1n) is 5.77. The predicted molar refractivity (Wildman–Crippen MR) is 73.3 cm³/mol. The molecule has 1 heterocycles. The van der Waals surface area contributed by atoms with Gasteiger partial charge < -0.3 is 9.88 Å². The molecule has 0 radical (unpaired) electrons. The van der Waals surface area contributed by atoms with Crippen molar-refractivity contribution in [2.24, 2.45) is 7.05 Å². The number of aromatic nitrogens is 2. The lowest BCUT2D eigenvalue weighted by Crippen LogP contribution is -2.28. The lowest BCUT2D eigenvalue weighted by molar-refractivity contribution is 0.0940. The summed E-state index contributed by atoms with van der Waals surface area (Å²) in [7, 11) is 1.76. The van der Waals surface area contributed by atoms with E-state index in [0.29, 0.717) is 23.3 Å². The van der Waals surface area contributed by atoms with Gasteiger partial charge in [0.05, 0.1) is 4.47 Å². The van der Waals surface area contributed by atoms with Crippen molar-refractivity contribution in [1.82, 2.24) is 14.9 Å². The molecule has 0 fully saturated rings. The molecule has 6 heteroatoms. The third-order valence-electron chi connectivity index (χ3n) is 2.71. The van der Waals surface area contributed by atoms with Gasteiger partial charge in [-0.25, -0.2) is 9.37 Å². The van der Waals surface area contributed by atoms with Crippen LogP contribution in [0.3, 0.4) is 0 Å². The molecule has 1 aromatic heterocycles. The average Bonchev–Trinajstić information content (AvgIpc) is 2.80. The van der Waals surface area contributed by atoms with Gasteiger partial charge >= 0.3 is 0 Å². The molecule has 0 unspecified atom stereocenters. The minimum atomic E-state index is -0.291. The van der Waals surface area contributed by atoms with Crippen molar-refractivity contribution in [1.29, 1.82) is 0 Å². The van der Waals surface area contributed by atoms with E-state index in [1.165, 1.54) is 6.07 Å². The number of carbonyl (C=O) groups excluding carboxylic acids is 1. The van der Waals surface area contributed by atoms with Gasteiger partial charge in [-0.3, -0.25) is 4.79 Å². The minimum absolute atomic E-state index is 0.214. The molecular weight excluding hydrogens is 313 g/mol. The Bertz CT molecular complexity index is 597. The Morgan fingerprint density at radius 1 is 1.53 bits per heavy atom. The number of hydrogen-bond donors (Lipinski definition) is 1. The number of benzene rings is 1. The molecule has 0 aliphatic carbocycles. The Morgan fingerprint density at radius 2 is 2.32 bits per heavy atom. The number of hydrogen-bond acceptors (Lipinski definition) is 2. The largest absolute Gasteiger partial charge is 0.349 e. The van der Waals surface area contributed by atoms with Crippen molar-refractivity contribution in [3.05, 3.63) is 52.3 Å². The zero-order valence-electron chi connectivity index (χ0n) is 10.4. The summed E-state index contributed by atoms with van der Waals surface area (Å²) in [6.07, 6.45) is 3.92. The van der Waals surface area contributed by atoms with Gasteiger partial charge in [-0.1, -0.05) is 6.07 Å². The van der Waals surface area contributed by atoms with Gasteiger partial charge in [0.25, 0.3) is 5.91 Å². The van der Waals surface area contributed by atoms with Gasteiger partial charge in [0.1, 0.15) is 5.82 Å². The highest BCUT2D eigenvalue weighted by molar-refractivity contribution is 9.10. The summed E-state index contributed by atoms with van der Waals surface area (Å²) in [5, 5.41) is 2.78. The predicted octanol–water partition coefficient (Wildman–Crippen LogP) is 2.29. The van der Waals surface area contributed by atoms with Crippen LogP contribution >= 0.6 is 15.9 Å². The second kappa shape index (κ2) is 5.97. The molecule has 0 spiro atoms. The number of carbonyl (C=O) groups is 1. The molecule has 19 heavy (non-hydrogen) atoms. The zero-order chi connectivity index (χ0) is 13.8. The van der Waals surface area contributed by atoms with Crippen LogP contribution in [-0.4, -0.2) is 22.0 Å². The van der Waals surface area contributed by atoms with Gasteiger partial charge in [-0.15, -0.1) is 0 Å². The van der Waals surface area contributed by atoms with E-state index in [4.69, 9.17) is 0 Å². The second-order valence-corrected chi connectivity index (χ2v) is 4.97. The van der Waals surface area contributed by atoms with Crippen LogP contribution in [0.25, 0.3) is 0 Å². The number of nitrogens with one attached hydrogen (secondary N) is 1. The van der Waals surface area contributed by atoms with Crippen LogP contribution in [0.1, 0.15) is 16.2 Å². The molecule has 0 aliphatic rings. The Hall–Kier alpha value is -1.69. The molecule has 0 aliphatic heterocycles. The van der Waals surface area contributed by atoms with E-state index in [2.05, 4.69) is 26.2 Å². The summed E-state index contributed by atoms with van der Waals surface area (Å²) in [4.78, 5) is 15.7. The lowest BCUT2D eigenvalue weighted by Gasteiger charge is -2.06. The molecular formula is C13H13BrFN3O. The van der Waals surface area contributed by atoms with Gasteiger partial charge in [0.15, 0.2) is 5.82 Å². The smallest absolute Gasteiger partial charge is 0.287 e. The number of halogens is 2. The number of rotatable bonds is 4. The maximum absolute atomic E-state index is 13.1. The Morgan fingerprint density at radius 3 is 2.95 bits per heavy atom. The normalized spacial score (nSPS) is 10.5. The fraction of sp³-hybridized carbons (Fsp3) is 0.231. The fourth-order valence-electron chi connectivity index (χ4n) is 1.68. The summed E-state index contributed by atoms with van der Waals surface area (Å²) in [6.45, 7) is 0.476. The SMILES string of the molecule is Cn1ccnc1C(=O)NCCc1ccc(F)c(Br)c1. The van der Waals surface area contributed by atoms with Gasteiger partial charge in [0, 0.05) is 26.0 Å². The van der Waals surface area contributed by atoms with E-state index < -0.39 is 0 Å². The van der Waals surface area contributed by atoms with Crippen LogP contribution < -0.4 is 5.32 Å². The van der Waals surface area contributed by atoms with Crippen LogP contribution in [0, 0.1) is 5.82 Å². The molecule has 2 rings (SSSR count). The first-order chi connectivity index (χ1) is 9.08. The van der Waals surface area contributed by atoms with Gasteiger partial charge in [-0.2, -0.15) is 0 Å².